The number of thiophene rings is 1. The molecule has 9 heteroatoms. The molecule has 0 radical (unpaired) electrons. The van der Waals surface area contributed by atoms with Gasteiger partial charge >= 0.3 is 0 Å². The summed E-state index contributed by atoms with van der Waals surface area (Å²) in [5.74, 6) is 1.75. The molecule has 34 heavy (non-hydrogen) atoms. The minimum atomic E-state index is -0.201. The maximum atomic E-state index is 13.5. The van der Waals surface area contributed by atoms with Crippen molar-refractivity contribution in [3.63, 3.8) is 0 Å². The quantitative estimate of drug-likeness (QED) is 0.503. The molecule has 2 aromatic heterocycles. The van der Waals surface area contributed by atoms with Gasteiger partial charge in [-0.2, -0.15) is 0 Å². The van der Waals surface area contributed by atoms with E-state index in [-0.39, 0.29) is 18.0 Å². The van der Waals surface area contributed by atoms with Crippen LogP contribution in [-0.2, 0) is 37.1 Å². The Hall–Kier alpha value is -2.91. The molecule has 1 aromatic carbocycles. The summed E-state index contributed by atoms with van der Waals surface area (Å²) in [5.41, 5.74) is 2.07. The lowest BCUT2D eigenvalue weighted by Gasteiger charge is -2.16. The second kappa shape index (κ2) is 10.6. The van der Waals surface area contributed by atoms with Gasteiger partial charge in [0.05, 0.1) is 26.2 Å². The minimum Gasteiger partial charge on any atom is -0.493 e. The molecule has 1 amide bonds. The van der Waals surface area contributed by atoms with E-state index in [2.05, 4.69) is 5.32 Å². The van der Waals surface area contributed by atoms with Crippen LogP contribution in [0.4, 0.5) is 0 Å². The van der Waals surface area contributed by atoms with Crippen LogP contribution in [-0.4, -0.2) is 55.2 Å². The van der Waals surface area contributed by atoms with Crippen molar-refractivity contribution in [1.29, 1.82) is 0 Å². The highest BCUT2D eigenvalue weighted by Crippen LogP contribution is 2.34. The number of carbonyl (C=O) groups excluding carboxylic acids is 1. The monoisotopic (exact) mass is 484 g/mol. The van der Waals surface area contributed by atoms with Gasteiger partial charge < -0.3 is 19.7 Å². The van der Waals surface area contributed by atoms with Crippen LogP contribution in [0.15, 0.2) is 23.0 Å². The summed E-state index contributed by atoms with van der Waals surface area (Å²) >= 11 is 1.64. The van der Waals surface area contributed by atoms with Crippen molar-refractivity contribution in [1.82, 2.24) is 19.8 Å². The molecule has 1 aliphatic rings. The predicted octanol–water partition coefficient (Wildman–Crippen LogP) is 2.77. The van der Waals surface area contributed by atoms with Crippen LogP contribution >= 0.6 is 11.3 Å². The second-order valence-electron chi connectivity index (χ2n) is 8.84. The average molecular weight is 485 g/mol. The molecule has 8 nitrogen and oxygen atoms in total. The highest BCUT2D eigenvalue weighted by Gasteiger charge is 2.23. The van der Waals surface area contributed by atoms with Gasteiger partial charge in [-0.05, 0) is 69.5 Å². The first-order chi connectivity index (χ1) is 16.4. The summed E-state index contributed by atoms with van der Waals surface area (Å²) in [6, 6.07) is 5.71. The van der Waals surface area contributed by atoms with Gasteiger partial charge in [-0.1, -0.05) is 6.07 Å². The van der Waals surface area contributed by atoms with Gasteiger partial charge in [0.2, 0.25) is 5.91 Å². The molecular weight excluding hydrogens is 452 g/mol. The van der Waals surface area contributed by atoms with Gasteiger partial charge in [0, 0.05) is 11.4 Å². The largest absolute Gasteiger partial charge is 0.493 e. The van der Waals surface area contributed by atoms with Crippen molar-refractivity contribution in [2.24, 2.45) is 0 Å². The SMILES string of the molecule is COc1ccc(CCNC(=O)Cn2c(CN(C)C)nc3sc4c(c3c2=O)CCCC4)cc1OC. The first-order valence-electron chi connectivity index (χ1n) is 11.6. The number of rotatable bonds is 9. The highest BCUT2D eigenvalue weighted by atomic mass is 32.1. The predicted molar refractivity (Wildman–Crippen MR) is 134 cm³/mol. The van der Waals surface area contributed by atoms with Crippen molar-refractivity contribution in [2.75, 3.05) is 34.9 Å². The fourth-order valence-electron chi connectivity index (χ4n) is 4.43. The van der Waals surface area contributed by atoms with E-state index in [1.54, 1.807) is 30.1 Å². The van der Waals surface area contributed by atoms with E-state index in [1.807, 2.05) is 37.2 Å². The zero-order chi connectivity index (χ0) is 24.2. The molecule has 2 heterocycles. The van der Waals surface area contributed by atoms with Gasteiger partial charge in [-0.3, -0.25) is 14.2 Å². The van der Waals surface area contributed by atoms with Crippen LogP contribution < -0.4 is 20.3 Å². The summed E-state index contributed by atoms with van der Waals surface area (Å²) < 4.78 is 12.2. The van der Waals surface area contributed by atoms with Crippen LogP contribution in [0.5, 0.6) is 11.5 Å². The Kier molecular flexibility index (Phi) is 7.53. The second-order valence-corrected chi connectivity index (χ2v) is 9.92. The van der Waals surface area contributed by atoms with Crippen LogP contribution in [0.3, 0.4) is 0 Å². The summed E-state index contributed by atoms with van der Waals surface area (Å²) in [6.45, 7) is 0.907. The van der Waals surface area contributed by atoms with Crippen LogP contribution in [0.1, 0.15) is 34.7 Å². The Labute approximate surface area is 203 Å². The molecule has 4 rings (SSSR count). The van der Waals surface area contributed by atoms with Gasteiger partial charge in [0.25, 0.3) is 5.56 Å². The molecule has 0 atom stereocenters. The number of aryl methyl sites for hydroxylation is 2. The fourth-order valence-corrected chi connectivity index (χ4v) is 5.70. The zero-order valence-corrected chi connectivity index (χ0v) is 21.1. The van der Waals surface area contributed by atoms with Gasteiger partial charge in [-0.15, -0.1) is 11.3 Å². The van der Waals surface area contributed by atoms with E-state index in [0.717, 1.165) is 41.6 Å². The van der Waals surface area contributed by atoms with Crippen molar-refractivity contribution in [3.8, 4) is 11.5 Å². The molecule has 0 saturated carbocycles. The normalized spacial score (nSPS) is 13.2. The zero-order valence-electron chi connectivity index (χ0n) is 20.3. The van der Waals surface area contributed by atoms with E-state index in [0.29, 0.717) is 42.2 Å². The third kappa shape index (κ3) is 5.10. The number of aromatic nitrogens is 2. The Morgan fingerprint density at radius 1 is 1.18 bits per heavy atom. The number of carbonyl (C=O) groups is 1. The Balaban J connectivity index is 1.51. The topological polar surface area (TPSA) is 85.7 Å². The molecule has 0 bridgehead atoms. The molecule has 182 valence electrons. The summed E-state index contributed by atoms with van der Waals surface area (Å²) in [4.78, 5) is 35.2. The van der Waals surface area contributed by atoms with Crippen LogP contribution in [0.25, 0.3) is 10.2 Å². The van der Waals surface area contributed by atoms with Crippen molar-refractivity contribution < 1.29 is 14.3 Å². The summed E-state index contributed by atoms with van der Waals surface area (Å²) in [6.07, 6.45) is 4.81. The molecule has 1 aliphatic carbocycles. The summed E-state index contributed by atoms with van der Waals surface area (Å²) in [7, 11) is 7.07. The first-order valence-corrected chi connectivity index (χ1v) is 12.4. The molecule has 1 N–H and O–H groups in total. The minimum absolute atomic E-state index is 0.0402. The van der Waals surface area contributed by atoms with Crippen LogP contribution in [0.2, 0.25) is 0 Å². The number of hydrogen-bond donors (Lipinski definition) is 1. The van der Waals surface area contributed by atoms with Gasteiger partial charge in [0.1, 0.15) is 17.2 Å². The summed E-state index contributed by atoms with van der Waals surface area (Å²) in [5, 5.41) is 3.66. The van der Waals surface area contributed by atoms with E-state index < -0.39 is 0 Å². The number of nitrogens with one attached hydrogen (secondary N) is 1. The number of amides is 1. The van der Waals surface area contributed by atoms with Gasteiger partial charge in [-0.25, -0.2) is 4.98 Å². The molecule has 0 spiro atoms. The van der Waals surface area contributed by atoms with Crippen LogP contribution in [0, 0.1) is 0 Å². The van der Waals surface area contributed by atoms with Crippen molar-refractivity contribution >= 4 is 27.5 Å². The third-order valence-corrected chi connectivity index (χ3v) is 7.28. The number of nitrogens with zero attached hydrogens (tertiary/aromatic N) is 3. The van der Waals surface area contributed by atoms with E-state index in [1.165, 1.54) is 4.88 Å². The number of methoxy groups -OCH3 is 2. The molecule has 3 aromatic rings. The number of fused-ring (bicyclic) bond motifs is 3. The number of benzene rings is 1. The van der Waals surface area contributed by atoms with Gasteiger partial charge in [0.15, 0.2) is 11.5 Å². The number of hydrogen-bond acceptors (Lipinski definition) is 7. The number of ether oxygens (including phenoxy) is 2. The smallest absolute Gasteiger partial charge is 0.263 e. The fraction of sp³-hybridized carbons (Fsp3) is 0.480. The molecular formula is C25H32N4O4S. The Morgan fingerprint density at radius 2 is 1.94 bits per heavy atom. The van der Waals surface area contributed by atoms with E-state index in [9.17, 15) is 9.59 Å². The molecule has 0 aliphatic heterocycles. The lowest BCUT2D eigenvalue weighted by molar-refractivity contribution is -0.121. The average Bonchev–Trinajstić information content (AvgIpc) is 3.19. The van der Waals surface area contributed by atoms with Crippen molar-refractivity contribution in [3.05, 3.63) is 50.4 Å². The van der Waals surface area contributed by atoms with E-state index in [4.69, 9.17) is 14.5 Å². The van der Waals surface area contributed by atoms with Crippen molar-refractivity contribution in [2.45, 2.75) is 45.2 Å². The first kappa shape index (κ1) is 24.2. The lowest BCUT2D eigenvalue weighted by Crippen LogP contribution is -2.36. The maximum absolute atomic E-state index is 13.5. The standard InChI is InChI=1S/C25H32N4O4S/c1-28(2)14-21-27-24-23(17-7-5-6-8-20(17)34-24)25(31)29(21)15-22(30)26-12-11-16-9-10-18(32-3)19(13-16)33-4/h9-10,13H,5-8,11-12,14-15H2,1-4H3,(H,26,30). The van der Waals surface area contributed by atoms with E-state index >= 15 is 0 Å². The highest BCUT2D eigenvalue weighted by molar-refractivity contribution is 7.18. The third-order valence-electron chi connectivity index (χ3n) is 6.10. The molecule has 0 unspecified atom stereocenters. The Bertz CT molecular complexity index is 1250. The lowest BCUT2D eigenvalue weighted by atomic mass is 9.97. The maximum Gasteiger partial charge on any atom is 0.263 e. The molecule has 0 saturated heterocycles. The Morgan fingerprint density at radius 3 is 2.68 bits per heavy atom. The molecule has 0 fully saturated rings.